The number of nitrogens with two attached hydrogens (primary N) is 1. The van der Waals surface area contributed by atoms with E-state index in [0.29, 0.717) is 0 Å². The summed E-state index contributed by atoms with van der Waals surface area (Å²) >= 11 is 0. The molecule has 0 bridgehead atoms. The van der Waals surface area contributed by atoms with E-state index in [2.05, 4.69) is 17.4 Å². The Morgan fingerprint density at radius 2 is 1.93 bits per heavy atom. The smallest absolute Gasteiger partial charge is 0.0314 e. The molecule has 0 atom stereocenters. The van der Waals surface area contributed by atoms with Crippen molar-refractivity contribution in [2.24, 2.45) is 5.92 Å². The lowest BCUT2D eigenvalue weighted by atomic mass is 9.85. The van der Waals surface area contributed by atoms with E-state index >= 15 is 0 Å². The molecular formula is C12H18N2. The number of anilines is 1. The molecule has 0 saturated heterocycles. The van der Waals surface area contributed by atoms with Crippen LogP contribution in [0, 0.1) is 5.92 Å². The average Bonchev–Trinajstić information content (AvgIpc) is 2.12. The van der Waals surface area contributed by atoms with Gasteiger partial charge in [0.2, 0.25) is 0 Å². The van der Waals surface area contributed by atoms with Crippen LogP contribution >= 0.6 is 0 Å². The molecule has 2 rings (SSSR count). The zero-order chi connectivity index (χ0) is 9.80. The minimum absolute atomic E-state index is 0.841. The predicted octanol–water partition coefficient (Wildman–Crippen LogP) is 2.16. The summed E-state index contributed by atoms with van der Waals surface area (Å²) in [5, 5.41) is 3.48. The molecule has 1 aliphatic rings. The van der Waals surface area contributed by atoms with Gasteiger partial charge in [0.15, 0.2) is 0 Å². The van der Waals surface area contributed by atoms with Crippen LogP contribution in [-0.4, -0.2) is 6.54 Å². The number of hydrogen-bond acceptors (Lipinski definition) is 2. The van der Waals surface area contributed by atoms with Gasteiger partial charge < -0.3 is 11.1 Å². The highest BCUT2D eigenvalue weighted by atomic mass is 14.9. The minimum Gasteiger partial charge on any atom is -0.399 e. The molecule has 76 valence electrons. The van der Waals surface area contributed by atoms with Crippen molar-refractivity contribution in [3.63, 3.8) is 0 Å². The number of rotatable bonds is 4. The molecule has 0 amide bonds. The van der Waals surface area contributed by atoms with Gasteiger partial charge in [0.1, 0.15) is 0 Å². The highest BCUT2D eigenvalue weighted by molar-refractivity contribution is 5.39. The minimum atomic E-state index is 0.841. The maximum absolute atomic E-state index is 5.61. The Morgan fingerprint density at radius 3 is 2.50 bits per heavy atom. The predicted molar refractivity (Wildman–Crippen MR) is 59.9 cm³/mol. The lowest BCUT2D eigenvalue weighted by Crippen LogP contribution is -2.26. The van der Waals surface area contributed by atoms with Crippen LogP contribution in [0.5, 0.6) is 0 Å². The first-order chi connectivity index (χ1) is 6.84. The Bertz CT molecular complexity index is 275. The average molecular weight is 190 g/mol. The zero-order valence-corrected chi connectivity index (χ0v) is 8.50. The van der Waals surface area contributed by atoms with Crippen LogP contribution < -0.4 is 11.1 Å². The number of hydrogen-bond donors (Lipinski definition) is 2. The lowest BCUT2D eigenvalue weighted by Gasteiger charge is -2.25. The summed E-state index contributed by atoms with van der Waals surface area (Å²) in [5.74, 6) is 0.934. The fourth-order valence-electron chi connectivity index (χ4n) is 1.75. The van der Waals surface area contributed by atoms with Crippen LogP contribution in [0.4, 0.5) is 5.69 Å². The molecule has 1 aliphatic carbocycles. The molecule has 1 saturated carbocycles. The largest absolute Gasteiger partial charge is 0.399 e. The monoisotopic (exact) mass is 190 g/mol. The highest BCUT2D eigenvalue weighted by Gasteiger charge is 2.15. The lowest BCUT2D eigenvalue weighted by molar-refractivity contribution is 0.301. The molecule has 1 aromatic carbocycles. The molecule has 1 aromatic rings. The first kappa shape index (κ1) is 9.53. The Hall–Kier alpha value is -1.02. The summed E-state index contributed by atoms with van der Waals surface area (Å²) in [5.41, 5.74) is 7.77. The van der Waals surface area contributed by atoms with E-state index in [-0.39, 0.29) is 0 Å². The molecule has 0 aromatic heterocycles. The van der Waals surface area contributed by atoms with Gasteiger partial charge in [-0.2, -0.15) is 0 Å². The molecule has 0 spiro atoms. The van der Waals surface area contributed by atoms with Crippen LogP contribution in [0.25, 0.3) is 0 Å². The number of nitrogen functional groups attached to an aromatic ring is 1. The molecule has 0 unspecified atom stereocenters. The van der Waals surface area contributed by atoms with E-state index in [1.807, 2.05) is 12.1 Å². The Morgan fingerprint density at radius 1 is 1.21 bits per heavy atom. The third-order valence-electron chi connectivity index (χ3n) is 2.97. The molecule has 2 heteroatoms. The summed E-state index contributed by atoms with van der Waals surface area (Å²) in [6, 6.07) is 8.09. The van der Waals surface area contributed by atoms with E-state index in [4.69, 9.17) is 5.73 Å². The second kappa shape index (κ2) is 4.47. The van der Waals surface area contributed by atoms with Crippen molar-refractivity contribution in [1.29, 1.82) is 0 Å². The summed E-state index contributed by atoms with van der Waals surface area (Å²) < 4.78 is 0. The normalized spacial score (nSPS) is 16.6. The number of nitrogens with one attached hydrogen (secondary N) is 1. The zero-order valence-electron chi connectivity index (χ0n) is 8.50. The van der Waals surface area contributed by atoms with Crippen molar-refractivity contribution in [2.45, 2.75) is 25.8 Å². The Balaban J connectivity index is 1.71. The van der Waals surface area contributed by atoms with Crippen molar-refractivity contribution < 1.29 is 0 Å². The quantitative estimate of drug-likeness (QED) is 0.714. The number of benzene rings is 1. The molecule has 1 fully saturated rings. The van der Waals surface area contributed by atoms with Crippen molar-refractivity contribution in [1.82, 2.24) is 5.32 Å². The molecule has 2 nitrogen and oxygen atoms in total. The van der Waals surface area contributed by atoms with Crippen molar-refractivity contribution in [2.75, 3.05) is 12.3 Å². The Labute approximate surface area is 85.5 Å². The van der Waals surface area contributed by atoms with Gasteiger partial charge in [-0.25, -0.2) is 0 Å². The molecule has 3 N–H and O–H groups in total. The highest BCUT2D eigenvalue weighted by Crippen LogP contribution is 2.25. The molecular weight excluding hydrogens is 172 g/mol. The third kappa shape index (κ3) is 2.48. The Kier molecular flexibility index (Phi) is 3.04. The molecule has 14 heavy (non-hydrogen) atoms. The van der Waals surface area contributed by atoms with Crippen LogP contribution in [-0.2, 0) is 6.54 Å². The van der Waals surface area contributed by atoms with E-state index in [1.165, 1.54) is 31.4 Å². The van der Waals surface area contributed by atoms with Gasteiger partial charge in [-0.15, -0.1) is 0 Å². The van der Waals surface area contributed by atoms with Gasteiger partial charge in [0.25, 0.3) is 0 Å². The maximum atomic E-state index is 5.61. The van der Waals surface area contributed by atoms with Crippen molar-refractivity contribution in [3.05, 3.63) is 29.8 Å². The molecule has 0 radical (unpaired) electrons. The van der Waals surface area contributed by atoms with Crippen LogP contribution in [0.3, 0.4) is 0 Å². The third-order valence-corrected chi connectivity index (χ3v) is 2.97. The molecule has 0 heterocycles. The first-order valence-electron chi connectivity index (χ1n) is 5.40. The van der Waals surface area contributed by atoms with Crippen LogP contribution in [0.1, 0.15) is 24.8 Å². The van der Waals surface area contributed by atoms with E-state index in [0.717, 1.165) is 18.2 Å². The summed E-state index contributed by atoms with van der Waals surface area (Å²) in [6.45, 7) is 2.14. The maximum Gasteiger partial charge on any atom is 0.0314 e. The van der Waals surface area contributed by atoms with Gasteiger partial charge >= 0.3 is 0 Å². The van der Waals surface area contributed by atoms with E-state index in [1.54, 1.807) is 0 Å². The van der Waals surface area contributed by atoms with Gasteiger partial charge in [0.05, 0.1) is 0 Å². The standard InChI is InChI=1S/C12H18N2/c13-12-6-4-11(5-7-12)9-14-8-10-2-1-3-10/h4-7,10,14H,1-3,8-9,13H2. The van der Waals surface area contributed by atoms with Gasteiger partial charge in [0, 0.05) is 12.2 Å². The SMILES string of the molecule is Nc1ccc(CNCC2CCC2)cc1. The van der Waals surface area contributed by atoms with Gasteiger partial charge in [-0.1, -0.05) is 18.6 Å². The second-order valence-corrected chi connectivity index (χ2v) is 4.17. The summed E-state index contributed by atoms with van der Waals surface area (Å²) in [6.07, 6.45) is 4.25. The van der Waals surface area contributed by atoms with Gasteiger partial charge in [-0.05, 0) is 43.0 Å². The van der Waals surface area contributed by atoms with Crippen LogP contribution in [0.2, 0.25) is 0 Å². The fourth-order valence-corrected chi connectivity index (χ4v) is 1.75. The topological polar surface area (TPSA) is 38.0 Å². The van der Waals surface area contributed by atoms with Crippen molar-refractivity contribution >= 4 is 5.69 Å². The summed E-state index contributed by atoms with van der Waals surface area (Å²) in [7, 11) is 0. The van der Waals surface area contributed by atoms with E-state index < -0.39 is 0 Å². The fraction of sp³-hybridized carbons (Fsp3) is 0.500. The van der Waals surface area contributed by atoms with Gasteiger partial charge in [-0.3, -0.25) is 0 Å². The second-order valence-electron chi connectivity index (χ2n) is 4.17. The molecule has 0 aliphatic heterocycles. The summed E-state index contributed by atoms with van der Waals surface area (Å²) in [4.78, 5) is 0. The van der Waals surface area contributed by atoms with Crippen LogP contribution in [0.15, 0.2) is 24.3 Å². The van der Waals surface area contributed by atoms with E-state index in [9.17, 15) is 0 Å². The first-order valence-corrected chi connectivity index (χ1v) is 5.40. The van der Waals surface area contributed by atoms with Crippen molar-refractivity contribution in [3.8, 4) is 0 Å².